The quantitative estimate of drug-likeness (QED) is 0.702. The number of benzene rings is 1. The molecule has 1 rings (SSSR count). The lowest BCUT2D eigenvalue weighted by atomic mass is 10.1. The van der Waals surface area contributed by atoms with Crippen LogP contribution in [-0.4, -0.2) is 30.3 Å². The molecule has 0 radical (unpaired) electrons. The van der Waals surface area contributed by atoms with E-state index in [9.17, 15) is 9.59 Å². The summed E-state index contributed by atoms with van der Waals surface area (Å²) in [6.07, 6.45) is 6.86. The Kier molecular flexibility index (Phi) is 6.08. The molecule has 0 aliphatic heterocycles. The van der Waals surface area contributed by atoms with Crippen molar-refractivity contribution >= 4 is 17.7 Å². The molecule has 0 saturated carbocycles. The van der Waals surface area contributed by atoms with Gasteiger partial charge in [-0.25, -0.2) is 9.59 Å². The van der Waals surface area contributed by atoms with Gasteiger partial charge in [0.2, 0.25) is 0 Å². The maximum Gasteiger partial charge on any atom is 0.339 e. The number of carboxylic acids is 1. The monoisotopic (exact) mass is 290 g/mol. The Labute approximate surface area is 123 Å². The Hall–Kier alpha value is -2.68. The second-order valence-corrected chi connectivity index (χ2v) is 4.33. The average molecular weight is 290 g/mol. The number of urea groups is 1. The molecule has 0 fully saturated rings. The fourth-order valence-corrected chi connectivity index (χ4v) is 1.76. The number of aromatic carboxylic acids is 1. The van der Waals surface area contributed by atoms with Gasteiger partial charge in [-0.15, -0.1) is 6.42 Å². The normalized spacial score (nSPS) is 11.1. The maximum atomic E-state index is 11.8. The number of carboxylic acid groups (broad SMARTS) is 1. The molecule has 6 nitrogen and oxygen atoms in total. The van der Waals surface area contributed by atoms with E-state index in [1.165, 1.54) is 25.3 Å². The number of hydrogen-bond donors (Lipinski definition) is 3. The van der Waals surface area contributed by atoms with Crippen molar-refractivity contribution in [2.75, 3.05) is 12.4 Å². The molecule has 1 aromatic carbocycles. The number of methoxy groups -OCH3 is 1. The van der Waals surface area contributed by atoms with Crippen molar-refractivity contribution in [2.24, 2.45) is 0 Å². The van der Waals surface area contributed by atoms with E-state index in [1.54, 1.807) is 0 Å². The second kappa shape index (κ2) is 7.80. The molecular formula is C15H18N2O4. The molecule has 1 atom stereocenters. The molecule has 0 saturated heterocycles. The second-order valence-electron chi connectivity index (χ2n) is 4.33. The zero-order valence-corrected chi connectivity index (χ0v) is 12.0. The van der Waals surface area contributed by atoms with Crippen LogP contribution in [0.25, 0.3) is 0 Å². The van der Waals surface area contributed by atoms with Gasteiger partial charge in [0, 0.05) is 11.8 Å². The summed E-state index contributed by atoms with van der Waals surface area (Å²) in [5, 5.41) is 14.2. The van der Waals surface area contributed by atoms with Gasteiger partial charge in [0.25, 0.3) is 0 Å². The van der Waals surface area contributed by atoms with Gasteiger partial charge in [-0.05, 0) is 18.6 Å². The first-order chi connectivity index (χ1) is 10.0. The summed E-state index contributed by atoms with van der Waals surface area (Å²) in [5.41, 5.74) is 0.442. The van der Waals surface area contributed by atoms with Crippen LogP contribution in [0.2, 0.25) is 0 Å². The summed E-state index contributed by atoms with van der Waals surface area (Å²) in [6.45, 7) is 1.97. The van der Waals surface area contributed by atoms with Crippen molar-refractivity contribution in [3.63, 3.8) is 0 Å². The van der Waals surface area contributed by atoms with Crippen LogP contribution in [-0.2, 0) is 0 Å². The highest BCUT2D eigenvalue weighted by atomic mass is 16.5. The van der Waals surface area contributed by atoms with E-state index >= 15 is 0 Å². The van der Waals surface area contributed by atoms with Crippen LogP contribution in [0.5, 0.6) is 5.75 Å². The van der Waals surface area contributed by atoms with Crippen molar-refractivity contribution in [1.82, 2.24) is 5.32 Å². The van der Waals surface area contributed by atoms with E-state index < -0.39 is 12.0 Å². The van der Waals surface area contributed by atoms with E-state index in [0.717, 1.165) is 6.42 Å². The molecule has 0 heterocycles. The third-order valence-corrected chi connectivity index (χ3v) is 2.77. The van der Waals surface area contributed by atoms with Gasteiger partial charge in [-0.1, -0.05) is 19.3 Å². The van der Waals surface area contributed by atoms with Crippen LogP contribution in [0, 0.1) is 12.3 Å². The van der Waals surface area contributed by atoms with Crippen LogP contribution in [0.1, 0.15) is 30.1 Å². The van der Waals surface area contributed by atoms with Crippen molar-refractivity contribution in [1.29, 1.82) is 0 Å². The topological polar surface area (TPSA) is 87.7 Å². The number of amides is 2. The standard InChI is InChI=1S/C15H18N2O4/c1-4-6-10(5-2)16-15(20)17-11-7-8-12(14(18)19)13(9-11)21-3/h2,7-10H,4,6H2,1,3H3,(H,18,19)(H2,16,17,20). The zero-order chi connectivity index (χ0) is 15.8. The van der Waals surface area contributed by atoms with E-state index in [1.807, 2.05) is 6.92 Å². The molecule has 21 heavy (non-hydrogen) atoms. The summed E-state index contributed by atoms with van der Waals surface area (Å²) in [7, 11) is 1.36. The first kappa shape index (κ1) is 16.4. The number of hydrogen-bond acceptors (Lipinski definition) is 3. The van der Waals surface area contributed by atoms with Crippen molar-refractivity contribution in [2.45, 2.75) is 25.8 Å². The smallest absolute Gasteiger partial charge is 0.339 e. The predicted molar refractivity (Wildman–Crippen MR) is 79.6 cm³/mol. The number of anilines is 1. The predicted octanol–water partition coefficient (Wildman–Crippen LogP) is 2.32. The minimum atomic E-state index is -1.10. The molecule has 112 valence electrons. The SMILES string of the molecule is C#CC(CCC)NC(=O)Nc1ccc(C(=O)O)c(OC)c1. The van der Waals surface area contributed by atoms with Gasteiger partial charge in [-0.2, -0.15) is 0 Å². The minimum absolute atomic E-state index is 0.0240. The fourth-order valence-electron chi connectivity index (χ4n) is 1.76. The fraction of sp³-hybridized carbons (Fsp3) is 0.333. The first-order valence-electron chi connectivity index (χ1n) is 6.46. The Morgan fingerprint density at radius 1 is 1.48 bits per heavy atom. The number of carbonyl (C=O) groups is 2. The summed E-state index contributed by atoms with van der Waals surface area (Å²) in [5.74, 6) is 1.56. The molecule has 0 aliphatic carbocycles. The molecule has 0 aromatic heterocycles. The van der Waals surface area contributed by atoms with Gasteiger partial charge in [0.05, 0.1) is 13.2 Å². The lowest BCUT2D eigenvalue weighted by Crippen LogP contribution is -2.36. The lowest BCUT2D eigenvalue weighted by Gasteiger charge is -2.14. The molecule has 0 aliphatic rings. The van der Waals surface area contributed by atoms with Gasteiger partial charge in [0.15, 0.2) is 0 Å². The van der Waals surface area contributed by atoms with E-state index in [-0.39, 0.29) is 17.4 Å². The number of rotatable bonds is 6. The maximum absolute atomic E-state index is 11.8. The summed E-state index contributed by atoms with van der Waals surface area (Å²) in [6, 6.07) is 3.50. The van der Waals surface area contributed by atoms with Crippen LogP contribution in [0.3, 0.4) is 0 Å². The van der Waals surface area contributed by atoms with Crippen LogP contribution < -0.4 is 15.4 Å². The molecule has 0 spiro atoms. The van der Waals surface area contributed by atoms with Crippen molar-refractivity contribution < 1.29 is 19.4 Å². The Bertz CT molecular complexity index is 563. The summed E-state index contributed by atoms with van der Waals surface area (Å²) < 4.78 is 4.98. The number of ether oxygens (including phenoxy) is 1. The van der Waals surface area contributed by atoms with Gasteiger partial charge in [0.1, 0.15) is 11.3 Å². The molecule has 6 heteroatoms. The Balaban J connectivity index is 2.77. The van der Waals surface area contributed by atoms with Gasteiger partial charge >= 0.3 is 12.0 Å². The molecule has 1 aromatic rings. The van der Waals surface area contributed by atoms with Crippen molar-refractivity contribution in [3.05, 3.63) is 23.8 Å². The average Bonchev–Trinajstić information content (AvgIpc) is 2.46. The molecular weight excluding hydrogens is 272 g/mol. The number of carbonyl (C=O) groups excluding carboxylic acids is 1. The number of nitrogens with one attached hydrogen (secondary N) is 2. The van der Waals surface area contributed by atoms with Gasteiger partial charge in [-0.3, -0.25) is 0 Å². The highest BCUT2D eigenvalue weighted by Gasteiger charge is 2.13. The summed E-state index contributed by atoms with van der Waals surface area (Å²) >= 11 is 0. The largest absolute Gasteiger partial charge is 0.496 e. The zero-order valence-electron chi connectivity index (χ0n) is 12.0. The number of terminal acetylenes is 1. The van der Waals surface area contributed by atoms with E-state index in [0.29, 0.717) is 12.1 Å². The highest BCUT2D eigenvalue weighted by molar-refractivity contribution is 5.94. The van der Waals surface area contributed by atoms with Crippen LogP contribution >= 0.6 is 0 Å². The van der Waals surface area contributed by atoms with Crippen LogP contribution in [0.4, 0.5) is 10.5 Å². The molecule has 0 bridgehead atoms. The molecule has 2 amide bonds. The van der Waals surface area contributed by atoms with E-state index in [2.05, 4.69) is 16.6 Å². The third kappa shape index (κ3) is 4.73. The van der Waals surface area contributed by atoms with Crippen LogP contribution in [0.15, 0.2) is 18.2 Å². The minimum Gasteiger partial charge on any atom is -0.496 e. The van der Waals surface area contributed by atoms with Crippen molar-refractivity contribution in [3.8, 4) is 18.1 Å². The Morgan fingerprint density at radius 3 is 2.71 bits per heavy atom. The highest BCUT2D eigenvalue weighted by Crippen LogP contribution is 2.23. The van der Waals surface area contributed by atoms with E-state index in [4.69, 9.17) is 16.3 Å². The molecule has 1 unspecified atom stereocenters. The van der Waals surface area contributed by atoms with Gasteiger partial charge < -0.3 is 20.5 Å². The summed E-state index contributed by atoms with van der Waals surface area (Å²) in [4.78, 5) is 22.8. The third-order valence-electron chi connectivity index (χ3n) is 2.77. The Morgan fingerprint density at radius 2 is 2.19 bits per heavy atom. The first-order valence-corrected chi connectivity index (χ1v) is 6.46. The molecule has 3 N–H and O–H groups in total. The lowest BCUT2D eigenvalue weighted by molar-refractivity contribution is 0.0693.